The van der Waals surface area contributed by atoms with Crippen molar-refractivity contribution in [3.05, 3.63) is 53.2 Å². The maximum Gasteiger partial charge on any atom is 0.237 e. The Bertz CT molecular complexity index is 1280. The SMILES string of the molecule is C#CCOc1cnc(/C(F)=C/c2ccc(F)c([C@@]3(C)N=C(N)S[C@@]4(C(=O)NCC(C)O)C[C@H]43)c2)cn1. The minimum Gasteiger partial charge on any atom is -0.463 e. The number of aromatic nitrogens is 2. The Balaban J connectivity index is 1.61. The average molecular weight is 514 g/mol. The number of terminal acetylenes is 1. The quantitative estimate of drug-likeness (QED) is 0.464. The molecule has 1 aromatic carbocycles. The molecule has 4 N–H and O–H groups in total. The summed E-state index contributed by atoms with van der Waals surface area (Å²) in [4.78, 5) is 25.4. The normalized spacial score (nSPS) is 25.7. The molecule has 1 amide bonds. The summed E-state index contributed by atoms with van der Waals surface area (Å²) >= 11 is 1.15. The van der Waals surface area contributed by atoms with E-state index in [-0.39, 0.29) is 47.3 Å². The van der Waals surface area contributed by atoms with Crippen LogP contribution in [0.1, 0.15) is 37.1 Å². The first kappa shape index (κ1) is 25.6. The molecule has 1 fully saturated rings. The zero-order valence-electron chi connectivity index (χ0n) is 19.7. The molecule has 11 heteroatoms. The van der Waals surface area contributed by atoms with Gasteiger partial charge in [0, 0.05) is 18.0 Å². The van der Waals surface area contributed by atoms with Crippen molar-refractivity contribution in [1.29, 1.82) is 0 Å². The van der Waals surface area contributed by atoms with E-state index in [4.69, 9.17) is 16.9 Å². The summed E-state index contributed by atoms with van der Waals surface area (Å²) in [6, 6.07) is 4.16. The van der Waals surface area contributed by atoms with Gasteiger partial charge in [-0.2, -0.15) is 0 Å². The number of aliphatic hydroxyl groups excluding tert-OH is 1. The van der Waals surface area contributed by atoms with Crippen molar-refractivity contribution in [1.82, 2.24) is 15.3 Å². The molecule has 1 aliphatic carbocycles. The number of hydrogen-bond acceptors (Lipinski definition) is 8. The molecule has 0 saturated heterocycles. The monoisotopic (exact) mass is 513 g/mol. The highest BCUT2D eigenvalue weighted by Crippen LogP contribution is 2.66. The third-order valence-electron chi connectivity index (χ3n) is 6.17. The number of nitrogens with two attached hydrogens (primary N) is 1. The second kappa shape index (κ2) is 9.87. The molecule has 0 radical (unpaired) electrons. The maximum absolute atomic E-state index is 15.1. The fraction of sp³-hybridized carbons (Fsp3) is 0.360. The largest absolute Gasteiger partial charge is 0.463 e. The smallest absolute Gasteiger partial charge is 0.237 e. The highest BCUT2D eigenvalue weighted by Gasteiger charge is 2.70. The Hall–Kier alpha value is -3.49. The van der Waals surface area contributed by atoms with Crippen LogP contribution >= 0.6 is 11.8 Å². The summed E-state index contributed by atoms with van der Waals surface area (Å²) in [5, 5.41) is 12.4. The van der Waals surface area contributed by atoms with Crippen LogP contribution in [0.3, 0.4) is 0 Å². The molecule has 2 aromatic rings. The predicted octanol–water partition coefficient (Wildman–Crippen LogP) is 2.63. The molecule has 0 bridgehead atoms. The number of halogens is 2. The molecular formula is C25H25F2N5O3S. The van der Waals surface area contributed by atoms with E-state index in [0.717, 1.165) is 11.8 Å². The fourth-order valence-corrected chi connectivity index (χ4v) is 5.73. The van der Waals surface area contributed by atoms with Gasteiger partial charge in [-0.3, -0.25) is 9.79 Å². The number of fused-ring (bicyclic) bond motifs is 1. The van der Waals surface area contributed by atoms with Crippen LogP contribution < -0.4 is 15.8 Å². The van der Waals surface area contributed by atoms with Gasteiger partial charge in [-0.25, -0.2) is 18.7 Å². The second-order valence-corrected chi connectivity index (χ2v) is 10.2. The van der Waals surface area contributed by atoms with Crippen molar-refractivity contribution in [2.45, 2.75) is 36.7 Å². The van der Waals surface area contributed by atoms with Gasteiger partial charge in [0.2, 0.25) is 11.8 Å². The highest BCUT2D eigenvalue weighted by molar-refractivity contribution is 8.15. The standard InChI is InChI=1S/C25H25F2N5O3S/c1-4-7-35-21-13-29-19(12-30-21)18(27)9-15-5-6-17(26)16(8-15)24(3)20-10-25(20,36-23(28)32-24)22(34)31-11-14(2)33/h1,5-6,8-9,12-14,20,33H,7,10-11H2,2-3H3,(H2,28,32)(H,31,34)/b18-9-/t14?,20-,24+,25-/m0/s1. The number of nitrogens with zero attached hydrogens (tertiary/aromatic N) is 3. The van der Waals surface area contributed by atoms with Gasteiger partial charge in [0.25, 0.3) is 0 Å². The van der Waals surface area contributed by atoms with Crippen LogP contribution in [0.2, 0.25) is 0 Å². The van der Waals surface area contributed by atoms with E-state index in [9.17, 15) is 14.3 Å². The molecule has 1 unspecified atom stereocenters. The lowest BCUT2D eigenvalue weighted by atomic mass is 9.84. The van der Waals surface area contributed by atoms with Crippen molar-refractivity contribution < 1.29 is 23.4 Å². The van der Waals surface area contributed by atoms with Crippen LogP contribution in [0.25, 0.3) is 11.9 Å². The van der Waals surface area contributed by atoms with Gasteiger partial charge in [0.1, 0.15) is 16.3 Å². The molecule has 188 valence electrons. The van der Waals surface area contributed by atoms with Gasteiger partial charge in [0.15, 0.2) is 17.6 Å². The lowest BCUT2D eigenvalue weighted by Gasteiger charge is -2.34. The van der Waals surface area contributed by atoms with Crippen LogP contribution in [0, 0.1) is 24.1 Å². The van der Waals surface area contributed by atoms with Gasteiger partial charge in [0.05, 0.1) is 24.0 Å². The van der Waals surface area contributed by atoms with Gasteiger partial charge in [-0.15, -0.1) is 6.42 Å². The van der Waals surface area contributed by atoms with E-state index in [0.29, 0.717) is 12.0 Å². The van der Waals surface area contributed by atoms with Gasteiger partial charge < -0.3 is 20.9 Å². The molecule has 8 nitrogen and oxygen atoms in total. The van der Waals surface area contributed by atoms with Crippen molar-refractivity contribution in [2.24, 2.45) is 16.6 Å². The molecule has 1 saturated carbocycles. The lowest BCUT2D eigenvalue weighted by molar-refractivity contribution is -0.122. The van der Waals surface area contributed by atoms with Crippen molar-refractivity contribution in [3.8, 4) is 18.2 Å². The third-order valence-corrected chi connectivity index (χ3v) is 7.47. The Morgan fingerprint density at radius 1 is 1.47 bits per heavy atom. The van der Waals surface area contributed by atoms with Crippen molar-refractivity contribution in [3.63, 3.8) is 0 Å². The first-order chi connectivity index (χ1) is 17.1. The number of amidine groups is 1. The Morgan fingerprint density at radius 3 is 2.92 bits per heavy atom. The number of rotatable bonds is 8. The highest BCUT2D eigenvalue weighted by atomic mass is 32.2. The van der Waals surface area contributed by atoms with E-state index in [1.807, 2.05) is 0 Å². The minimum absolute atomic E-state index is 0.0134. The van der Waals surface area contributed by atoms with Crippen molar-refractivity contribution in [2.75, 3.05) is 13.2 Å². The van der Waals surface area contributed by atoms with Gasteiger partial charge >= 0.3 is 0 Å². The Labute approximate surface area is 211 Å². The molecule has 4 rings (SSSR count). The number of amides is 1. The van der Waals surface area contributed by atoms with E-state index < -0.39 is 28.0 Å². The molecule has 1 aliphatic heterocycles. The van der Waals surface area contributed by atoms with Gasteiger partial charge in [-0.1, -0.05) is 23.7 Å². The number of thioether (sulfide) groups is 1. The number of carbonyl (C=O) groups excluding carboxylic acids is 1. The number of carbonyl (C=O) groups is 1. The van der Waals surface area contributed by atoms with Crippen LogP contribution in [-0.2, 0) is 10.3 Å². The summed E-state index contributed by atoms with van der Waals surface area (Å²) in [6.45, 7) is 3.39. The predicted molar refractivity (Wildman–Crippen MR) is 134 cm³/mol. The second-order valence-electron chi connectivity index (χ2n) is 8.87. The maximum atomic E-state index is 15.1. The van der Waals surface area contributed by atoms with Crippen LogP contribution in [-0.4, -0.2) is 50.2 Å². The van der Waals surface area contributed by atoms with E-state index in [1.165, 1.54) is 36.7 Å². The number of aliphatic imine (C=N–C) groups is 1. The molecule has 2 aliphatic rings. The zero-order chi connectivity index (χ0) is 26.1. The molecule has 4 atom stereocenters. The van der Waals surface area contributed by atoms with Crippen LogP contribution in [0.4, 0.5) is 8.78 Å². The molecule has 2 heterocycles. The first-order valence-corrected chi connectivity index (χ1v) is 12.0. The summed E-state index contributed by atoms with van der Waals surface area (Å²) in [5.41, 5.74) is 5.48. The number of nitrogens with one attached hydrogen (secondary N) is 1. The van der Waals surface area contributed by atoms with Crippen molar-refractivity contribution >= 4 is 34.7 Å². The molecular weight excluding hydrogens is 488 g/mol. The number of hydrogen-bond donors (Lipinski definition) is 3. The van der Waals surface area contributed by atoms with Crippen LogP contribution in [0.5, 0.6) is 5.88 Å². The Morgan fingerprint density at radius 2 is 2.25 bits per heavy atom. The number of benzene rings is 1. The first-order valence-electron chi connectivity index (χ1n) is 11.2. The average Bonchev–Trinajstić information content (AvgIpc) is 3.59. The third kappa shape index (κ3) is 4.92. The van der Waals surface area contributed by atoms with E-state index in [2.05, 4.69) is 26.2 Å². The van der Waals surface area contributed by atoms with Crippen LogP contribution in [0.15, 0.2) is 35.6 Å². The van der Waals surface area contributed by atoms with E-state index >= 15 is 4.39 Å². The fourth-order valence-electron chi connectivity index (χ4n) is 4.33. The number of ether oxygens (including phenoxy) is 1. The zero-order valence-corrected chi connectivity index (χ0v) is 20.5. The summed E-state index contributed by atoms with van der Waals surface area (Å²) in [5.74, 6) is 0.616. The lowest BCUT2D eigenvalue weighted by Crippen LogP contribution is -2.45. The Kier molecular flexibility index (Phi) is 7.02. The van der Waals surface area contributed by atoms with Gasteiger partial charge in [-0.05, 0) is 44.0 Å². The number of aliphatic hydroxyl groups is 1. The van der Waals surface area contributed by atoms with E-state index in [1.54, 1.807) is 13.8 Å². The summed E-state index contributed by atoms with van der Waals surface area (Å²) in [6.07, 6.45) is 8.52. The molecule has 1 aromatic heterocycles. The molecule has 36 heavy (non-hydrogen) atoms. The topological polar surface area (TPSA) is 123 Å². The molecule has 0 spiro atoms. The summed E-state index contributed by atoms with van der Waals surface area (Å²) < 4.78 is 34.2. The summed E-state index contributed by atoms with van der Waals surface area (Å²) in [7, 11) is 0. The minimum atomic E-state index is -1.14.